The number of hydrogen-bond donors (Lipinski definition) is 3. The minimum absolute atomic E-state index is 0.230. The lowest BCUT2D eigenvalue weighted by atomic mass is 10.1. The van der Waals surface area contributed by atoms with Crippen molar-refractivity contribution in [1.29, 1.82) is 0 Å². The lowest BCUT2D eigenvalue weighted by Crippen LogP contribution is -2.26. The van der Waals surface area contributed by atoms with Gasteiger partial charge in [0.25, 0.3) is 0 Å². The Hall–Kier alpha value is -0.120. The Kier molecular flexibility index (Phi) is 7.89. The molecule has 0 bridgehead atoms. The van der Waals surface area contributed by atoms with Crippen LogP contribution in [0.5, 0.6) is 0 Å². The molecule has 0 heterocycles. The molecule has 0 aromatic carbocycles. The fourth-order valence-electron chi connectivity index (χ4n) is 0.905. The Balaban J connectivity index is 3.02. The molecule has 0 amide bonds. The summed E-state index contributed by atoms with van der Waals surface area (Å²) in [6.45, 7) is 3.81. The van der Waals surface area contributed by atoms with Crippen LogP contribution in [0.3, 0.4) is 0 Å². The molecular formula is C8H19NO2. The Morgan fingerprint density at radius 1 is 1.36 bits per heavy atom. The Morgan fingerprint density at radius 2 is 2.09 bits per heavy atom. The first-order valence-corrected chi connectivity index (χ1v) is 4.31. The molecule has 11 heavy (non-hydrogen) atoms. The van der Waals surface area contributed by atoms with Crippen LogP contribution in [0.4, 0.5) is 0 Å². The maximum Gasteiger partial charge on any atom is 0.0664 e. The van der Waals surface area contributed by atoms with Crippen LogP contribution in [-0.4, -0.2) is 36.0 Å². The van der Waals surface area contributed by atoms with Gasteiger partial charge in [-0.25, -0.2) is 0 Å². The SMILES string of the molecule is CCNCC(O)CCCCO. The number of nitrogens with one attached hydrogen (secondary N) is 1. The first kappa shape index (κ1) is 10.9. The third-order valence-corrected chi connectivity index (χ3v) is 1.58. The molecule has 68 valence electrons. The van der Waals surface area contributed by atoms with Crippen LogP contribution < -0.4 is 5.32 Å². The van der Waals surface area contributed by atoms with Gasteiger partial charge in [0, 0.05) is 13.2 Å². The van der Waals surface area contributed by atoms with Crippen molar-refractivity contribution in [2.45, 2.75) is 32.3 Å². The number of hydrogen-bond acceptors (Lipinski definition) is 3. The van der Waals surface area contributed by atoms with E-state index in [-0.39, 0.29) is 12.7 Å². The van der Waals surface area contributed by atoms with Crippen molar-refractivity contribution in [2.24, 2.45) is 0 Å². The number of rotatable bonds is 7. The van der Waals surface area contributed by atoms with Crippen LogP contribution in [0.1, 0.15) is 26.2 Å². The zero-order valence-corrected chi connectivity index (χ0v) is 7.21. The minimum Gasteiger partial charge on any atom is -0.396 e. The second kappa shape index (κ2) is 7.98. The molecule has 0 aromatic rings. The van der Waals surface area contributed by atoms with Gasteiger partial charge in [0.15, 0.2) is 0 Å². The van der Waals surface area contributed by atoms with Gasteiger partial charge in [-0.2, -0.15) is 0 Å². The van der Waals surface area contributed by atoms with Gasteiger partial charge < -0.3 is 15.5 Å². The number of unbranched alkanes of at least 4 members (excludes halogenated alkanes) is 1. The van der Waals surface area contributed by atoms with E-state index in [1.54, 1.807) is 0 Å². The highest BCUT2D eigenvalue weighted by Gasteiger charge is 2.01. The summed E-state index contributed by atoms with van der Waals surface area (Å²) in [6.07, 6.45) is 2.24. The van der Waals surface area contributed by atoms with Gasteiger partial charge in [-0.1, -0.05) is 6.92 Å². The highest BCUT2D eigenvalue weighted by Crippen LogP contribution is 1.98. The molecule has 3 heteroatoms. The Morgan fingerprint density at radius 3 is 2.64 bits per heavy atom. The molecular weight excluding hydrogens is 142 g/mol. The number of likely N-dealkylation sites (N-methyl/N-ethyl adjacent to an activating group) is 1. The molecule has 0 spiro atoms. The average molecular weight is 161 g/mol. The van der Waals surface area contributed by atoms with Crippen LogP contribution in [0.2, 0.25) is 0 Å². The molecule has 3 N–H and O–H groups in total. The maximum absolute atomic E-state index is 9.26. The van der Waals surface area contributed by atoms with Crippen molar-refractivity contribution in [3.8, 4) is 0 Å². The molecule has 1 atom stereocenters. The van der Waals surface area contributed by atoms with E-state index in [1.807, 2.05) is 6.92 Å². The molecule has 0 fully saturated rings. The number of aliphatic hydroxyl groups is 2. The average Bonchev–Trinajstić information content (AvgIpc) is 2.01. The summed E-state index contributed by atoms with van der Waals surface area (Å²) in [5.41, 5.74) is 0. The summed E-state index contributed by atoms with van der Waals surface area (Å²) in [5.74, 6) is 0. The summed E-state index contributed by atoms with van der Waals surface area (Å²) in [5, 5.41) is 20.8. The van der Waals surface area contributed by atoms with E-state index in [0.29, 0.717) is 6.54 Å². The van der Waals surface area contributed by atoms with Crippen molar-refractivity contribution in [2.75, 3.05) is 19.7 Å². The third kappa shape index (κ3) is 7.78. The molecule has 0 aromatic heterocycles. The Labute approximate surface area is 68.4 Å². The predicted molar refractivity (Wildman–Crippen MR) is 45.5 cm³/mol. The minimum atomic E-state index is -0.249. The molecule has 0 radical (unpaired) electrons. The maximum atomic E-state index is 9.26. The van der Waals surface area contributed by atoms with Crippen molar-refractivity contribution in [3.63, 3.8) is 0 Å². The zero-order chi connectivity index (χ0) is 8.53. The smallest absolute Gasteiger partial charge is 0.0664 e. The molecule has 0 rings (SSSR count). The van der Waals surface area contributed by atoms with Gasteiger partial charge in [-0.3, -0.25) is 0 Å². The first-order chi connectivity index (χ1) is 5.31. The van der Waals surface area contributed by atoms with Crippen molar-refractivity contribution < 1.29 is 10.2 Å². The summed E-state index contributed by atoms with van der Waals surface area (Å²) >= 11 is 0. The van der Waals surface area contributed by atoms with Crippen molar-refractivity contribution in [1.82, 2.24) is 5.32 Å². The van der Waals surface area contributed by atoms with E-state index in [9.17, 15) is 5.11 Å². The molecule has 0 aliphatic heterocycles. The monoisotopic (exact) mass is 161 g/mol. The molecule has 0 aliphatic carbocycles. The number of aliphatic hydroxyl groups excluding tert-OH is 2. The molecule has 3 nitrogen and oxygen atoms in total. The van der Waals surface area contributed by atoms with E-state index in [0.717, 1.165) is 25.8 Å². The summed E-state index contributed by atoms with van der Waals surface area (Å²) in [4.78, 5) is 0. The lowest BCUT2D eigenvalue weighted by molar-refractivity contribution is 0.155. The van der Waals surface area contributed by atoms with E-state index in [1.165, 1.54) is 0 Å². The normalized spacial score (nSPS) is 13.4. The second-order valence-electron chi connectivity index (χ2n) is 2.68. The van der Waals surface area contributed by atoms with Crippen LogP contribution in [0.15, 0.2) is 0 Å². The summed E-state index contributed by atoms with van der Waals surface area (Å²) in [7, 11) is 0. The molecule has 1 unspecified atom stereocenters. The van der Waals surface area contributed by atoms with Gasteiger partial charge in [0.2, 0.25) is 0 Å². The van der Waals surface area contributed by atoms with E-state index in [2.05, 4.69) is 5.32 Å². The van der Waals surface area contributed by atoms with Crippen molar-refractivity contribution >= 4 is 0 Å². The van der Waals surface area contributed by atoms with Crippen LogP contribution in [-0.2, 0) is 0 Å². The fraction of sp³-hybridized carbons (Fsp3) is 1.00. The molecule has 0 aliphatic rings. The highest BCUT2D eigenvalue weighted by atomic mass is 16.3. The van der Waals surface area contributed by atoms with Crippen LogP contribution in [0, 0.1) is 0 Å². The predicted octanol–water partition coefficient (Wildman–Crippen LogP) is 0.119. The first-order valence-electron chi connectivity index (χ1n) is 4.31. The van der Waals surface area contributed by atoms with Crippen LogP contribution >= 0.6 is 0 Å². The highest BCUT2D eigenvalue weighted by molar-refractivity contribution is 4.58. The lowest BCUT2D eigenvalue weighted by Gasteiger charge is -2.09. The van der Waals surface area contributed by atoms with Gasteiger partial charge in [-0.15, -0.1) is 0 Å². The second-order valence-corrected chi connectivity index (χ2v) is 2.68. The largest absolute Gasteiger partial charge is 0.396 e. The van der Waals surface area contributed by atoms with E-state index >= 15 is 0 Å². The van der Waals surface area contributed by atoms with Gasteiger partial charge >= 0.3 is 0 Å². The van der Waals surface area contributed by atoms with Gasteiger partial charge in [0.05, 0.1) is 6.10 Å². The van der Waals surface area contributed by atoms with Crippen LogP contribution in [0.25, 0.3) is 0 Å². The quantitative estimate of drug-likeness (QED) is 0.465. The summed E-state index contributed by atoms with van der Waals surface area (Å²) < 4.78 is 0. The third-order valence-electron chi connectivity index (χ3n) is 1.58. The zero-order valence-electron chi connectivity index (χ0n) is 7.21. The summed E-state index contributed by atoms with van der Waals surface area (Å²) in [6, 6.07) is 0. The van der Waals surface area contributed by atoms with E-state index in [4.69, 9.17) is 5.11 Å². The topological polar surface area (TPSA) is 52.5 Å². The fourth-order valence-corrected chi connectivity index (χ4v) is 0.905. The Bertz CT molecular complexity index is 78.5. The molecule has 0 saturated carbocycles. The standard InChI is InChI=1S/C8H19NO2/c1-2-9-7-8(11)5-3-4-6-10/h8-11H,2-7H2,1H3. The van der Waals surface area contributed by atoms with Gasteiger partial charge in [-0.05, 0) is 25.8 Å². The van der Waals surface area contributed by atoms with E-state index < -0.39 is 0 Å². The molecule has 0 saturated heterocycles. The van der Waals surface area contributed by atoms with Crippen molar-refractivity contribution in [3.05, 3.63) is 0 Å². The van der Waals surface area contributed by atoms with Gasteiger partial charge in [0.1, 0.15) is 0 Å².